The van der Waals surface area contributed by atoms with E-state index in [1.807, 2.05) is 33.9 Å². The summed E-state index contributed by atoms with van der Waals surface area (Å²) in [5.74, 6) is 1.91. The molecular formula is C28H38N4O3. The maximum atomic E-state index is 13.7. The molecule has 2 aromatic carbocycles. The van der Waals surface area contributed by atoms with Crippen LogP contribution in [0.25, 0.3) is 0 Å². The molecule has 0 atom stereocenters. The largest absolute Gasteiger partial charge is 0.493 e. The zero-order valence-corrected chi connectivity index (χ0v) is 21.7. The van der Waals surface area contributed by atoms with Crippen molar-refractivity contribution in [2.24, 2.45) is 0 Å². The number of hydrogen-bond donors (Lipinski definition) is 1. The fraction of sp³-hybridized carbons (Fsp3) is 0.429. The number of imidazole rings is 1. The van der Waals surface area contributed by atoms with Crippen molar-refractivity contribution in [2.75, 3.05) is 26.1 Å². The highest BCUT2D eigenvalue weighted by Crippen LogP contribution is 2.33. The van der Waals surface area contributed by atoms with Gasteiger partial charge in [-0.05, 0) is 47.1 Å². The van der Waals surface area contributed by atoms with Crippen LogP contribution in [0.5, 0.6) is 11.5 Å². The highest BCUT2D eigenvalue weighted by Gasteiger charge is 2.20. The minimum absolute atomic E-state index is 0.111. The first-order valence-corrected chi connectivity index (χ1v) is 12.2. The quantitative estimate of drug-likeness (QED) is 0.353. The van der Waals surface area contributed by atoms with Crippen LogP contribution in [0.3, 0.4) is 0 Å². The van der Waals surface area contributed by atoms with Crippen LogP contribution in [0, 0.1) is 0 Å². The number of rotatable bonds is 11. The Bertz CT molecular complexity index is 1070. The Balaban J connectivity index is 1.86. The van der Waals surface area contributed by atoms with Crippen LogP contribution in [-0.4, -0.2) is 41.2 Å². The number of ether oxygens (including phenoxy) is 2. The van der Waals surface area contributed by atoms with Crippen LogP contribution < -0.4 is 14.8 Å². The number of carbonyl (C=O) groups is 1. The molecule has 0 spiro atoms. The van der Waals surface area contributed by atoms with E-state index in [4.69, 9.17) is 9.47 Å². The Kier molecular flexibility index (Phi) is 9.18. The molecule has 0 saturated carbocycles. The van der Waals surface area contributed by atoms with Crippen LogP contribution in [0.4, 0.5) is 10.5 Å². The van der Waals surface area contributed by atoms with E-state index in [2.05, 4.69) is 56.2 Å². The van der Waals surface area contributed by atoms with Gasteiger partial charge in [0.1, 0.15) is 0 Å². The summed E-state index contributed by atoms with van der Waals surface area (Å²) in [4.78, 5) is 19.6. The number of urea groups is 1. The molecule has 0 bridgehead atoms. The lowest BCUT2D eigenvalue weighted by Crippen LogP contribution is -2.36. The number of carbonyl (C=O) groups excluding carboxylic acids is 1. The predicted octanol–water partition coefficient (Wildman–Crippen LogP) is 6.27. The monoisotopic (exact) mass is 478 g/mol. The second kappa shape index (κ2) is 12.3. The highest BCUT2D eigenvalue weighted by atomic mass is 16.5. The van der Waals surface area contributed by atoms with Gasteiger partial charge in [-0.25, -0.2) is 9.78 Å². The maximum Gasteiger partial charge on any atom is 0.322 e. The number of para-hydroxylation sites is 1. The van der Waals surface area contributed by atoms with E-state index >= 15 is 0 Å². The van der Waals surface area contributed by atoms with Crippen molar-refractivity contribution < 1.29 is 14.3 Å². The molecule has 0 radical (unpaired) electrons. The third kappa shape index (κ3) is 6.78. The zero-order valence-electron chi connectivity index (χ0n) is 21.7. The molecular weight excluding hydrogens is 440 g/mol. The molecule has 0 saturated heterocycles. The Morgan fingerprint density at radius 3 is 2.29 bits per heavy atom. The summed E-state index contributed by atoms with van der Waals surface area (Å²) in [6.07, 6.45) is 6.31. The number of aryl methyl sites for hydroxylation is 1. The number of nitrogens with one attached hydrogen (secondary N) is 1. The second-order valence-electron chi connectivity index (χ2n) is 9.32. The molecule has 7 nitrogen and oxygen atoms in total. The van der Waals surface area contributed by atoms with Gasteiger partial charge in [-0.3, -0.25) is 0 Å². The molecule has 0 aliphatic carbocycles. The van der Waals surface area contributed by atoms with E-state index < -0.39 is 0 Å². The molecule has 0 unspecified atom stereocenters. The van der Waals surface area contributed by atoms with Crippen molar-refractivity contribution in [3.8, 4) is 11.5 Å². The summed E-state index contributed by atoms with van der Waals surface area (Å²) in [7, 11) is 3.24. The third-order valence-electron chi connectivity index (χ3n) is 6.12. The number of aromatic nitrogens is 2. The van der Waals surface area contributed by atoms with Gasteiger partial charge in [0.25, 0.3) is 0 Å². The van der Waals surface area contributed by atoms with Gasteiger partial charge in [-0.15, -0.1) is 0 Å². The lowest BCUT2D eigenvalue weighted by molar-refractivity contribution is 0.207. The molecule has 1 aromatic heterocycles. The summed E-state index contributed by atoms with van der Waals surface area (Å²) < 4.78 is 12.9. The number of hydrogen-bond acceptors (Lipinski definition) is 4. The fourth-order valence-corrected chi connectivity index (χ4v) is 4.20. The minimum atomic E-state index is -0.111. The van der Waals surface area contributed by atoms with Gasteiger partial charge in [-0.2, -0.15) is 0 Å². The lowest BCUT2D eigenvalue weighted by atomic mass is 9.93. The molecule has 2 amide bonds. The third-order valence-corrected chi connectivity index (χ3v) is 6.12. The molecule has 3 aromatic rings. The SMILES string of the molecule is COc1ccc(CN(CCCn2ccnc2)C(=O)Nc2c(C(C)C)cccc2C(C)C)cc1OC. The summed E-state index contributed by atoms with van der Waals surface area (Å²) >= 11 is 0. The number of nitrogens with zero attached hydrogens (tertiary/aromatic N) is 3. The zero-order chi connectivity index (χ0) is 25.4. The Morgan fingerprint density at radius 1 is 1.03 bits per heavy atom. The maximum absolute atomic E-state index is 13.7. The fourth-order valence-electron chi connectivity index (χ4n) is 4.20. The van der Waals surface area contributed by atoms with Gasteiger partial charge in [0.05, 0.1) is 20.5 Å². The van der Waals surface area contributed by atoms with E-state index in [1.54, 1.807) is 26.7 Å². The molecule has 1 heterocycles. The summed E-state index contributed by atoms with van der Waals surface area (Å²) in [5.41, 5.74) is 4.19. The van der Waals surface area contributed by atoms with Crippen LogP contribution in [-0.2, 0) is 13.1 Å². The molecule has 7 heteroatoms. The van der Waals surface area contributed by atoms with Crippen LogP contribution >= 0.6 is 0 Å². The predicted molar refractivity (Wildman–Crippen MR) is 140 cm³/mol. The highest BCUT2D eigenvalue weighted by molar-refractivity contribution is 5.91. The minimum Gasteiger partial charge on any atom is -0.493 e. The number of methoxy groups -OCH3 is 2. The second-order valence-corrected chi connectivity index (χ2v) is 9.32. The summed E-state index contributed by atoms with van der Waals surface area (Å²) in [6.45, 7) is 10.5. The number of benzene rings is 2. The average Bonchev–Trinajstić information content (AvgIpc) is 3.36. The molecule has 1 N–H and O–H groups in total. The van der Waals surface area contributed by atoms with Crippen molar-refractivity contribution >= 4 is 11.7 Å². The molecule has 0 aliphatic rings. The Hall–Kier alpha value is -3.48. The first-order chi connectivity index (χ1) is 16.8. The van der Waals surface area contributed by atoms with Crippen molar-refractivity contribution in [1.29, 1.82) is 0 Å². The summed E-state index contributed by atoms with van der Waals surface area (Å²) in [5, 5.41) is 3.27. The van der Waals surface area contributed by atoms with E-state index in [9.17, 15) is 4.79 Å². The summed E-state index contributed by atoms with van der Waals surface area (Å²) in [6, 6.07) is 11.9. The smallest absolute Gasteiger partial charge is 0.322 e. The van der Waals surface area contributed by atoms with E-state index in [0.717, 1.165) is 35.3 Å². The molecule has 3 rings (SSSR count). The number of anilines is 1. The Labute approximate surface area is 209 Å². The molecule has 0 aliphatic heterocycles. The van der Waals surface area contributed by atoms with Crippen molar-refractivity contribution in [3.63, 3.8) is 0 Å². The van der Waals surface area contributed by atoms with Gasteiger partial charge in [-0.1, -0.05) is 52.0 Å². The van der Waals surface area contributed by atoms with E-state index in [-0.39, 0.29) is 6.03 Å². The average molecular weight is 479 g/mol. The van der Waals surface area contributed by atoms with Crippen molar-refractivity contribution in [2.45, 2.75) is 59.0 Å². The number of amides is 2. The normalized spacial score (nSPS) is 11.1. The van der Waals surface area contributed by atoms with Gasteiger partial charge < -0.3 is 24.3 Å². The van der Waals surface area contributed by atoms with E-state index in [1.165, 1.54) is 0 Å². The van der Waals surface area contributed by atoms with Gasteiger partial charge in [0.15, 0.2) is 11.5 Å². The van der Waals surface area contributed by atoms with E-state index in [0.29, 0.717) is 36.4 Å². The lowest BCUT2D eigenvalue weighted by Gasteiger charge is -2.27. The van der Waals surface area contributed by atoms with Crippen LogP contribution in [0.1, 0.15) is 62.6 Å². The standard InChI is InChI=1S/C28H38N4O3/c1-20(2)23-9-7-10-24(21(3)4)27(23)30-28(33)32(15-8-14-31-16-13-29-19-31)18-22-11-12-25(34-5)26(17-22)35-6/h7,9-13,16-17,19-21H,8,14-15,18H2,1-6H3,(H,30,33). The van der Waals surface area contributed by atoms with Crippen LogP contribution in [0.2, 0.25) is 0 Å². The van der Waals surface area contributed by atoms with Crippen molar-refractivity contribution in [3.05, 3.63) is 71.8 Å². The van der Waals surface area contributed by atoms with Gasteiger partial charge >= 0.3 is 6.03 Å². The van der Waals surface area contributed by atoms with Gasteiger partial charge in [0, 0.05) is 37.7 Å². The van der Waals surface area contributed by atoms with Crippen molar-refractivity contribution in [1.82, 2.24) is 14.5 Å². The molecule has 35 heavy (non-hydrogen) atoms. The van der Waals surface area contributed by atoms with Crippen LogP contribution in [0.15, 0.2) is 55.1 Å². The topological polar surface area (TPSA) is 68.6 Å². The molecule has 0 fully saturated rings. The molecule has 188 valence electrons. The first-order valence-electron chi connectivity index (χ1n) is 12.2. The Morgan fingerprint density at radius 2 is 1.71 bits per heavy atom. The van der Waals surface area contributed by atoms with Gasteiger partial charge in [0.2, 0.25) is 0 Å². The first kappa shape index (κ1) is 26.1.